The standard InChI is InChI=1S/C17H23F4NO2/c1-2-3-9-4-14(20)16(15(21)5-9)17(23)24-10-6-12(18)11(8-22)13(19)7-10/h9-16H,2-7H2,1H3. The van der Waals surface area contributed by atoms with Crippen LogP contribution >= 0.6 is 0 Å². The normalized spacial score (nSPS) is 43.0. The summed E-state index contributed by atoms with van der Waals surface area (Å²) in [6, 6.07) is 1.56. The van der Waals surface area contributed by atoms with E-state index in [1.54, 1.807) is 6.07 Å². The lowest BCUT2D eigenvalue weighted by Crippen LogP contribution is -2.45. The zero-order chi connectivity index (χ0) is 17.9. The van der Waals surface area contributed by atoms with Crippen molar-refractivity contribution in [2.75, 3.05) is 0 Å². The Kier molecular flexibility index (Phi) is 6.47. The fourth-order valence-electron chi connectivity index (χ4n) is 3.81. The fourth-order valence-corrected chi connectivity index (χ4v) is 3.81. The zero-order valence-corrected chi connectivity index (χ0v) is 13.6. The number of carbonyl (C=O) groups excluding carboxylic acids is 1. The minimum Gasteiger partial charge on any atom is -0.462 e. The van der Waals surface area contributed by atoms with Gasteiger partial charge < -0.3 is 4.74 Å². The van der Waals surface area contributed by atoms with Crippen LogP contribution < -0.4 is 0 Å². The fraction of sp³-hybridized carbons (Fsp3) is 0.882. The number of carbonyl (C=O) groups is 1. The van der Waals surface area contributed by atoms with Gasteiger partial charge in [0, 0.05) is 12.8 Å². The molecule has 4 atom stereocenters. The van der Waals surface area contributed by atoms with Crippen molar-refractivity contribution in [2.45, 2.75) is 76.2 Å². The third kappa shape index (κ3) is 4.20. The predicted molar refractivity (Wildman–Crippen MR) is 78.9 cm³/mol. The molecule has 0 aromatic heterocycles. The third-order valence-corrected chi connectivity index (χ3v) is 5.05. The van der Waals surface area contributed by atoms with E-state index in [1.807, 2.05) is 6.92 Å². The van der Waals surface area contributed by atoms with Crippen molar-refractivity contribution in [2.24, 2.45) is 17.8 Å². The van der Waals surface area contributed by atoms with Gasteiger partial charge in [-0.1, -0.05) is 19.8 Å². The molecule has 0 radical (unpaired) electrons. The van der Waals surface area contributed by atoms with Crippen LogP contribution in [0.2, 0.25) is 0 Å². The van der Waals surface area contributed by atoms with Gasteiger partial charge in [0.2, 0.25) is 0 Å². The monoisotopic (exact) mass is 349 g/mol. The molecule has 4 unspecified atom stereocenters. The second-order valence-electron chi connectivity index (χ2n) is 6.90. The van der Waals surface area contributed by atoms with Crippen LogP contribution in [0.3, 0.4) is 0 Å². The number of hydrogen-bond acceptors (Lipinski definition) is 3. The molecule has 0 aromatic carbocycles. The molecule has 7 heteroatoms. The van der Waals surface area contributed by atoms with Crippen molar-refractivity contribution in [3.05, 3.63) is 0 Å². The van der Waals surface area contributed by atoms with E-state index in [0.717, 1.165) is 6.42 Å². The second-order valence-corrected chi connectivity index (χ2v) is 6.90. The molecule has 0 aliphatic heterocycles. The molecule has 0 N–H and O–H groups in total. The van der Waals surface area contributed by atoms with Crippen molar-refractivity contribution < 1.29 is 27.1 Å². The van der Waals surface area contributed by atoms with Gasteiger partial charge in [0.15, 0.2) is 0 Å². The summed E-state index contributed by atoms with van der Waals surface area (Å²) in [6.07, 6.45) is -6.78. The molecular formula is C17H23F4NO2. The molecule has 2 aliphatic carbocycles. The number of halogens is 4. The van der Waals surface area contributed by atoms with E-state index in [1.165, 1.54) is 0 Å². The highest BCUT2D eigenvalue weighted by molar-refractivity contribution is 5.74. The van der Waals surface area contributed by atoms with Crippen LogP contribution in [0.5, 0.6) is 0 Å². The zero-order valence-electron chi connectivity index (χ0n) is 13.6. The lowest BCUT2D eigenvalue weighted by Gasteiger charge is -2.35. The first-order valence-electron chi connectivity index (χ1n) is 8.53. The summed E-state index contributed by atoms with van der Waals surface area (Å²) >= 11 is 0. The number of hydrogen-bond donors (Lipinski definition) is 0. The SMILES string of the molecule is CCCC1CC(F)C(C(=O)OC2CC(F)C(C#N)C(F)C2)C(F)C1. The Morgan fingerprint density at radius 1 is 1.04 bits per heavy atom. The minimum atomic E-state index is -1.75. The smallest absolute Gasteiger partial charge is 0.315 e. The lowest BCUT2D eigenvalue weighted by atomic mass is 9.77. The average molecular weight is 349 g/mol. The van der Waals surface area contributed by atoms with Crippen molar-refractivity contribution in [1.29, 1.82) is 5.26 Å². The first-order valence-corrected chi connectivity index (χ1v) is 8.53. The first kappa shape index (κ1) is 19.0. The Morgan fingerprint density at radius 2 is 1.58 bits per heavy atom. The summed E-state index contributed by atoms with van der Waals surface area (Å²) in [5.41, 5.74) is 0. The second kappa shape index (κ2) is 8.17. The van der Waals surface area contributed by atoms with Gasteiger partial charge in [0.25, 0.3) is 0 Å². The highest BCUT2D eigenvalue weighted by Crippen LogP contribution is 2.38. The molecule has 0 spiro atoms. The molecule has 2 aliphatic rings. The van der Waals surface area contributed by atoms with Crippen LogP contribution in [-0.4, -0.2) is 36.8 Å². The number of alkyl halides is 4. The highest BCUT2D eigenvalue weighted by atomic mass is 19.2. The number of esters is 1. The molecule has 0 aromatic rings. The van der Waals surface area contributed by atoms with Crippen LogP contribution in [0.1, 0.15) is 45.4 Å². The van der Waals surface area contributed by atoms with Crippen LogP contribution in [0.15, 0.2) is 0 Å². The predicted octanol–water partition coefficient (Wildman–Crippen LogP) is 4.01. The Balaban J connectivity index is 1.94. The van der Waals surface area contributed by atoms with E-state index in [4.69, 9.17) is 10.00 Å². The summed E-state index contributed by atoms with van der Waals surface area (Å²) in [5.74, 6) is -4.07. The molecule has 2 saturated carbocycles. The molecule has 0 saturated heterocycles. The van der Waals surface area contributed by atoms with Crippen LogP contribution in [0, 0.1) is 29.1 Å². The largest absolute Gasteiger partial charge is 0.462 e. The minimum absolute atomic E-state index is 0.0967. The van der Waals surface area contributed by atoms with Crippen LogP contribution in [0.25, 0.3) is 0 Å². The number of nitrogens with zero attached hydrogens (tertiary/aromatic N) is 1. The molecule has 136 valence electrons. The maximum absolute atomic E-state index is 14.2. The topological polar surface area (TPSA) is 50.1 Å². The Labute approximate surface area is 139 Å². The third-order valence-electron chi connectivity index (χ3n) is 5.05. The maximum atomic E-state index is 14.2. The molecule has 24 heavy (non-hydrogen) atoms. The Hall–Kier alpha value is -1.32. The summed E-state index contributed by atoms with van der Waals surface area (Å²) in [6.45, 7) is 1.93. The van der Waals surface area contributed by atoms with Crippen molar-refractivity contribution in [3.8, 4) is 6.07 Å². The molecule has 2 rings (SSSR count). The van der Waals surface area contributed by atoms with Crippen LogP contribution in [-0.2, 0) is 9.53 Å². The van der Waals surface area contributed by atoms with E-state index < -0.39 is 48.6 Å². The van der Waals surface area contributed by atoms with Crippen molar-refractivity contribution in [3.63, 3.8) is 0 Å². The number of ether oxygens (including phenoxy) is 1. The van der Waals surface area contributed by atoms with E-state index in [-0.39, 0.29) is 31.6 Å². The highest BCUT2D eigenvalue weighted by Gasteiger charge is 2.46. The van der Waals surface area contributed by atoms with Gasteiger partial charge in [-0.3, -0.25) is 4.79 Å². The van der Waals surface area contributed by atoms with Crippen LogP contribution in [0.4, 0.5) is 17.6 Å². The molecular weight excluding hydrogens is 326 g/mol. The molecule has 0 heterocycles. The number of rotatable bonds is 4. The van der Waals surface area contributed by atoms with Crippen molar-refractivity contribution >= 4 is 5.97 Å². The van der Waals surface area contributed by atoms with E-state index in [0.29, 0.717) is 6.42 Å². The molecule has 0 bridgehead atoms. The van der Waals surface area contributed by atoms with Gasteiger partial charge in [0.1, 0.15) is 42.6 Å². The summed E-state index contributed by atoms with van der Waals surface area (Å²) in [7, 11) is 0. The Bertz CT molecular complexity index is 460. The van der Waals surface area contributed by atoms with Gasteiger partial charge in [-0.25, -0.2) is 17.6 Å². The Morgan fingerprint density at radius 3 is 2.04 bits per heavy atom. The molecule has 0 amide bonds. The van der Waals surface area contributed by atoms with Gasteiger partial charge >= 0.3 is 5.97 Å². The van der Waals surface area contributed by atoms with Gasteiger partial charge in [0.05, 0.1) is 6.07 Å². The van der Waals surface area contributed by atoms with Gasteiger partial charge in [-0.05, 0) is 18.8 Å². The average Bonchev–Trinajstić information content (AvgIpc) is 2.46. The van der Waals surface area contributed by atoms with Gasteiger partial charge in [-0.2, -0.15) is 5.26 Å². The van der Waals surface area contributed by atoms with E-state index >= 15 is 0 Å². The summed E-state index contributed by atoms with van der Waals surface area (Å²) in [4.78, 5) is 12.1. The summed E-state index contributed by atoms with van der Waals surface area (Å²) in [5, 5.41) is 8.70. The van der Waals surface area contributed by atoms with E-state index in [9.17, 15) is 22.4 Å². The molecule has 3 nitrogen and oxygen atoms in total. The number of nitriles is 1. The van der Waals surface area contributed by atoms with E-state index in [2.05, 4.69) is 0 Å². The summed E-state index contributed by atoms with van der Waals surface area (Å²) < 4.78 is 60.9. The lowest BCUT2D eigenvalue weighted by molar-refractivity contribution is -0.166. The van der Waals surface area contributed by atoms with Gasteiger partial charge in [-0.15, -0.1) is 0 Å². The maximum Gasteiger partial charge on any atom is 0.315 e. The van der Waals surface area contributed by atoms with Crippen molar-refractivity contribution in [1.82, 2.24) is 0 Å². The quantitative estimate of drug-likeness (QED) is 0.569. The first-order chi connectivity index (χ1) is 11.4. The molecule has 2 fully saturated rings.